The van der Waals surface area contributed by atoms with Crippen LogP contribution in [0.2, 0.25) is 0 Å². The van der Waals surface area contributed by atoms with Crippen molar-refractivity contribution in [2.45, 2.75) is 44.8 Å². The Labute approximate surface area is 116 Å². The monoisotopic (exact) mass is 310 g/mol. The summed E-state index contributed by atoms with van der Waals surface area (Å²) < 4.78 is 1.05. The van der Waals surface area contributed by atoms with Crippen molar-refractivity contribution < 1.29 is 4.79 Å². The highest BCUT2D eigenvalue weighted by atomic mass is 79.9. The van der Waals surface area contributed by atoms with Crippen LogP contribution in [0.25, 0.3) is 0 Å². The Hall–Kier alpha value is -0.870. The minimum Gasteiger partial charge on any atom is -0.335 e. The molecule has 0 saturated heterocycles. The second-order valence-corrected chi connectivity index (χ2v) is 5.98. The number of halogens is 1. The van der Waals surface area contributed by atoms with Gasteiger partial charge in [0, 0.05) is 29.5 Å². The van der Waals surface area contributed by atoms with E-state index in [1.54, 1.807) is 0 Å². The predicted octanol–water partition coefficient (Wildman–Crippen LogP) is 2.68. The van der Waals surface area contributed by atoms with Crippen LogP contribution < -0.4 is 5.73 Å². The summed E-state index contributed by atoms with van der Waals surface area (Å²) in [5, 5.41) is 0. The fourth-order valence-electron chi connectivity index (χ4n) is 2.03. The van der Waals surface area contributed by atoms with E-state index in [0.717, 1.165) is 22.9 Å². The van der Waals surface area contributed by atoms with Gasteiger partial charge in [0.2, 0.25) is 5.91 Å². The first-order chi connectivity index (χ1) is 8.56. The Kier molecular flexibility index (Phi) is 4.40. The van der Waals surface area contributed by atoms with Crippen molar-refractivity contribution in [1.29, 1.82) is 0 Å². The van der Waals surface area contributed by atoms with Gasteiger partial charge in [0.05, 0.1) is 0 Å². The van der Waals surface area contributed by atoms with E-state index in [2.05, 4.69) is 28.1 Å². The van der Waals surface area contributed by atoms with Crippen LogP contribution in [-0.2, 0) is 11.3 Å². The molecule has 1 atom stereocenters. The Morgan fingerprint density at radius 2 is 2.28 bits per heavy atom. The molecule has 0 aromatic heterocycles. The van der Waals surface area contributed by atoms with Crippen LogP contribution in [0.5, 0.6) is 0 Å². The molecule has 1 aliphatic carbocycles. The number of nitrogens with two attached hydrogens (primary N) is 1. The zero-order valence-electron chi connectivity index (χ0n) is 10.6. The third kappa shape index (κ3) is 3.82. The summed E-state index contributed by atoms with van der Waals surface area (Å²) in [5.41, 5.74) is 6.88. The van der Waals surface area contributed by atoms with Gasteiger partial charge < -0.3 is 10.6 Å². The molecule has 3 nitrogen and oxygen atoms in total. The normalized spacial score (nSPS) is 16.4. The third-order valence-corrected chi connectivity index (χ3v) is 3.54. The van der Waals surface area contributed by atoms with Crippen LogP contribution in [0.3, 0.4) is 0 Å². The molecule has 2 N–H and O–H groups in total. The second-order valence-electron chi connectivity index (χ2n) is 5.06. The van der Waals surface area contributed by atoms with Crippen molar-refractivity contribution in [3.05, 3.63) is 34.3 Å². The highest BCUT2D eigenvalue weighted by molar-refractivity contribution is 9.10. The average molecular weight is 311 g/mol. The van der Waals surface area contributed by atoms with Gasteiger partial charge in [-0.2, -0.15) is 0 Å². The Morgan fingerprint density at radius 1 is 1.56 bits per heavy atom. The number of carbonyl (C=O) groups excluding carboxylic acids is 1. The van der Waals surface area contributed by atoms with Crippen LogP contribution in [0.1, 0.15) is 31.7 Å². The van der Waals surface area contributed by atoms with E-state index in [1.165, 1.54) is 0 Å². The number of rotatable bonds is 5. The minimum atomic E-state index is -0.0683. The number of hydrogen-bond donors (Lipinski definition) is 1. The van der Waals surface area contributed by atoms with Gasteiger partial charge in [0.25, 0.3) is 0 Å². The van der Waals surface area contributed by atoms with Crippen molar-refractivity contribution >= 4 is 21.8 Å². The van der Waals surface area contributed by atoms with Gasteiger partial charge in [-0.1, -0.05) is 28.1 Å². The van der Waals surface area contributed by atoms with E-state index >= 15 is 0 Å². The summed E-state index contributed by atoms with van der Waals surface area (Å²) in [6.45, 7) is 2.57. The molecule has 18 heavy (non-hydrogen) atoms. The molecule has 1 saturated carbocycles. The summed E-state index contributed by atoms with van der Waals surface area (Å²) >= 11 is 3.46. The zero-order valence-corrected chi connectivity index (χ0v) is 12.2. The molecule has 2 rings (SSSR count). The minimum absolute atomic E-state index is 0.0683. The number of benzene rings is 1. The molecular formula is C14H19BrN2O. The van der Waals surface area contributed by atoms with E-state index in [9.17, 15) is 4.79 Å². The topological polar surface area (TPSA) is 46.3 Å². The molecule has 1 aliphatic rings. The van der Waals surface area contributed by atoms with Crippen molar-refractivity contribution in [2.75, 3.05) is 0 Å². The molecule has 0 radical (unpaired) electrons. The predicted molar refractivity (Wildman–Crippen MR) is 76.0 cm³/mol. The van der Waals surface area contributed by atoms with E-state index < -0.39 is 0 Å². The fraction of sp³-hybridized carbons (Fsp3) is 0.500. The van der Waals surface area contributed by atoms with E-state index in [4.69, 9.17) is 5.73 Å². The summed E-state index contributed by atoms with van der Waals surface area (Å²) in [6.07, 6.45) is 2.68. The first kappa shape index (κ1) is 13.6. The number of amides is 1. The van der Waals surface area contributed by atoms with Crippen molar-refractivity contribution in [1.82, 2.24) is 4.90 Å². The number of hydrogen-bond acceptors (Lipinski definition) is 2. The van der Waals surface area contributed by atoms with Gasteiger partial charge in [-0.15, -0.1) is 0 Å². The standard InChI is InChI=1S/C14H19BrN2O/c1-10(16)7-14(18)17(13-5-6-13)9-11-3-2-4-12(15)8-11/h2-4,8,10,13H,5-7,9,16H2,1H3. The van der Waals surface area contributed by atoms with Crippen LogP contribution in [0.15, 0.2) is 28.7 Å². The van der Waals surface area contributed by atoms with Gasteiger partial charge in [0.15, 0.2) is 0 Å². The number of carbonyl (C=O) groups is 1. The molecule has 1 fully saturated rings. The lowest BCUT2D eigenvalue weighted by Gasteiger charge is -2.23. The maximum atomic E-state index is 12.2. The molecule has 1 amide bonds. The van der Waals surface area contributed by atoms with E-state index in [0.29, 0.717) is 19.0 Å². The highest BCUT2D eigenvalue weighted by Crippen LogP contribution is 2.29. The number of nitrogens with zero attached hydrogens (tertiary/aromatic N) is 1. The van der Waals surface area contributed by atoms with Crippen LogP contribution in [-0.4, -0.2) is 22.9 Å². The molecule has 0 bridgehead atoms. The largest absolute Gasteiger partial charge is 0.335 e. The fourth-order valence-corrected chi connectivity index (χ4v) is 2.48. The molecule has 1 unspecified atom stereocenters. The van der Waals surface area contributed by atoms with Gasteiger partial charge >= 0.3 is 0 Å². The van der Waals surface area contributed by atoms with Crippen LogP contribution in [0, 0.1) is 0 Å². The summed E-state index contributed by atoms with van der Waals surface area (Å²) in [5.74, 6) is 0.174. The first-order valence-electron chi connectivity index (χ1n) is 6.36. The second kappa shape index (κ2) is 5.85. The SMILES string of the molecule is CC(N)CC(=O)N(Cc1cccc(Br)c1)C1CC1. The average Bonchev–Trinajstić information content (AvgIpc) is 3.08. The maximum Gasteiger partial charge on any atom is 0.224 e. The molecule has 0 spiro atoms. The van der Waals surface area contributed by atoms with Gasteiger partial charge in [-0.25, -0.2) is 0 Å². The zero-order chi connectivity index (χ0) is 13.1. The van der Waals surface area contributed by atoms with Gasteiger partial charge in [-0.05, 0) is 37.5 Å². The smallest absolute Gasteiger partial charge is 0.224 e. The first-order valence-corrected chi connectivity index (χ1v) is 7.15. The van der Waals surface area contributed by atoms with Gasteiger partial charge in [0.1, 0.15) is 0 Å². The lowest BCUT2D eigenvalue weighted by atomic mass is 10.1. The van der Waals surface area contributed by atoms with Crippen molar-refractivity contribution in [3.63, 3.8) is 0 Å². The van der Waals surface area contributed by atoms with Crippen molar-refractivity contribution in [3.8, 4) is 0 Å². The lowest BCUT2D eigenvalue weighted by molar-refractivity contribution is -0.132. The molecule has 4 heteroatoms. The molecule has 0 heterocycles. The molecular weight excluding hydrogens is 292 g/mol. The Bertz CT molecular complexity index is 430. The summed E-state index contributed by atoms with van der Waals surface area (Å²) in [6, 6.07) is 8.47. The maximum absolute atomic E-state index is 12.2. The van der Waals surface area contributed by atoms with Crippen LogP contribution >= 0.6 is 15.9 Å². The molecule has 98 valence electrons. The molecule has 1 aromatic carbocycles. The van der Waals surface area contributed by atoms with E-state index in [-0.39, 0.29) is 11.9 Å². The van der Waals surface area contributed by atoms with E-state index in [1.807, 2.05) is 24.0 Å². The van der Waals surface area contributed by atoms with Crippen LogP contribution in [0.4, 0.5) is 0 Å². The molecule has 0 aliphatic heterocycles. The highest BCUT2D eigenvalue weighted by Gasteiger charge is 2.32. The van der Waals surface area contributed by atoms with Crippen molar-refractivity contribution in [2.24, 2.45) is 5.73 Å². The quantitative estimate of drug-likeness (QED) is 0.909. The summed E-state index contributed by atoms with van der Waals surface area (Å²) in [4.78, 5) is 14.1. The lowest BCUT2D eigenvalue weighted by Crippen LogP contribution is -2.36. The molecule has 1 aromatic rings. The third-order valence-electron chi connectivity index (χ3n) is 3.05. The summed E-state index contributed by atoms with van der Waals surface area (Å²) in [7, 11) is 0. The Morgan fingerprint density at radius 3 is 2.83 bits per heavy atom. The Balaban J connectivity index is 2.04. The van der Waals surface area contributed by atoms with Gasteiger partial charge in [-0.3, -0.25) is 4.79 Å².